The molecule has 0 unspecified atom stereocenters. The largest absolute Gasteiger partial charge is 0.494 e. The number of benzene rings is 2. The van der Waals surface area contributed by atoms with Crippen molar-refractivity contribution in [2.24, 2.45) is 0 Å². The highest BCUT2D eigenvalue weighted by molar-refractivity contribution is 5.76. The predicted molar refractivity (Wildman–Crippen MR) is 85.7 cm³/mol. The number of aryl methyl sites for hydroxylation is 1. The fourth-order valence-corrected chi connectivity index (χ4v) is 2.46. The maximum absolute atomic E-state index is 13.6. The van der Waals surface area contributed by atoms with Gasteiger partial charge >= 0.3 is 0 Å². The maximum atomic E-state index is 13.6. The minimum atomic E-state index is -0.421. The summed E-state index contributed by atoms with van der Waals surface area (Å²) in [6, 6.07) is 10.3. The van der Waals surface area contributed by atoms with Crippen LogP contribution in [0.4, 0.5) is 4.39 Å². The normalized spacial score (nSPS) is 12.1. The topological polar surface area (TPSA) is 56.8 Å². The lowest BCUT2D eigenvalue weighted by Crippen LogP contribution is -2.23. The first-order valence-electron chi connectivity index (χ1n) is 7.63. The van der Waals surface area contributed by atoms with Gasteiger partial charge in [0, 0.05) is 13.0 Å². The third-order valence-electron chi connectivity index (χ3n) is 3.78. The summed E-state index contributed by atoms with van der Waals surface area (Å²) in [4.78, 5) is 11.9. The number of hydrogen-bond acceptors (Lipinski definition) is 4. The van der Waals surface area contributed by atoms with E-state index in [0.29, 0.717) is 24.5 Å². The minimum Gasteiger partial charge on any atom is -0.494 e. The second-order valence-electron chi connectivity index (χ2n) is 5.43. The molecule has 0 saturated carbocycles. The van der Waals surface area contributed by atoms with Crippen molar-refractivity contribution in [3.8, 4) is 17.2 Å². The molecule has 0 radical (unpaired) electrons. The van der Waals surface area contributed by atoms with Crippen LogP contribution in [0.5, 0.6) is 17.2 Å². The van der Waals surface area contributed by atoms with Crippen LogP contribution in [0, 0.1) is 5.82 Å². The Kier molecular flexibility index (Phi) is 4.84. The van der Waals surface area contributed by atoms with Gasteiger partial charge in [0.05, 0.1) is 7.11 Å². The Morgan fingerprint density at radius 1 is 1.17 bits per heavy atom. The Morgan fingerprint density at radius 3 is 2.75 bits per heavy atom. The van der Waals surface area contributed by atoms with Gasteiger partial charge in [0.2, 0.25) is 12.7 Å². The van der Waals surface area contributed by atoms with Crippen molar-refractivity contribution < 1.29 is 23.4 Å². The molecule has 2 aromatic rings. The molecule has 24 heavy (non-hydrogen) atoms. The van der Waals surface area contributed by atoms with Crippen LogP contribution in [-0.2, 0) is 17.8 Å². The summed E-state index contributed by atoms with van der Waals surface area (Å²) in [7, 11) is 1.42. The number of carbonyl (C=O) groups is 1. The number of hydrogen-bond donors (Lipinski definition) is 1. The Hall–Kier alpha value is -2.76. The zero-order chi connectivity index (χ0) is 16.9. The Labute approximate surface area is 139 Å². The van der Waals surface area contributed by atoms with Crippen molar-refractivity contribution in [1.29, 1.82) is 0 Å². The van der Waals surface area contributed by atoms with E-state index < -0.39 is 5.82 Å². The monoisotopic (exact) mass is 331 g/mol. The smallest absolute Gasteiger partial charge is 0.231 e. The lowest BCUT2D eigenvalue weighted by molar-refractivity contribution is -0.121. The van der Waals surface area contributed by atoms with Crippen molar-refractivity contribution in [3.05, 3.63) is 53.3 Å². The van der Waals surface area contributed by atoms with Gasteiger partial charge in [0.1, 0.15) is 0 Å². The first-order chi connectivity index (χ1) is 11.7. The summed E-state index contributed by atoms with van der Waals surface area (Å²) in [5, 5.41) is 2.84. The molecule has 0 aliphatic carbocycles. The van der Waals surface area contributed by atoms with Gasteiger partial charge < -0.3 is 19.5 Å². The molecule has 1 aliphatic heterocycles. The summed E-state index contributed by atoms with van der Waals surface area (Å²) >= 11 is 0. The highest BCUT2D eigenvalue weighted by Gasteiger charge is 2.13. The number of ether oxygens (including phenoxy) is 3. The van der Waals surface area contributed by atoms with Crippen molar-refractivity contribution in [3.63, 3.8) is 0 Å². The van der Waals surface area contributed by atoms with Crippen molar-refractivity contribution in [2.75, 3.05) is 13.9 Å². The van der Waals surface area contributed by atoms with E-state index in [1.165, 1.54) is 13.2 Å². The first kappa shape index (κ1) is 16.1. The van der Waals surface area contributed by atoms with E-state index in [-0.39, 0.29) is 24.9 Å². The first-order valence-corrected chi connectivity index (χ1v) is 7.63. The van der Waals surface area contributed by atoms with Gasteiger partial charge in [-0.25, -0.2) is 4.39 Å². The van der Waals surface area contributed by atoms with Gasteiger partial charge in [-0.1, -0.05) is 12.1 Å². The second kappa shape index (κ2) is 7.21. The lowest BCUT2D eigenvalue weighted by Gasteiger charge is -2.07. The third kappa shape index (κ3) is 3.76. The average Bonchev–Trinajstić information content (AvgIpc) is 3.06. The molecular formula is C18H18FNO4. The fourth-order valence-electron chi connectivity index (χ4n) is 2.46. The molecule has 0 atom stereocenters. The second-order valence-corrected chi connectivity index (χ2v) is 5.43. The molecule has 0 saturated heterocycles. The number of carbonyl (C=O) groups excluding carboxylic acids is 1. The third-order valence-corrected chi connectivity index (χ3v) is 3.78. The van der Waals surface area contributed by atoms with E-state index in [2.05, 4.69) is 5.32 Å². The molecule has 2 aromatic carbocycles. The lowest BCUT2D eigenvalue weighted by atomic mass is 10.1. The molecular weight excluding hydrogens is 313 g/mol. The van der Waals surface area contributed by atoms with E-state index in [0.717, 1.165) is 11.1 Å². The quantitative estimate of drug-likeness (QED) is 0.884. The Bertz CT molecular complexity index is 748. The van der Waals surface area contributed by atoms with Crippen LogP contribution in [0.15, 0.2) is 36.4 Å². The molecule has 6 heteroatoms. The van der Waals surface area contributed by atoms with Crippen molar-refractivity contribution in [1.82, 2.24) is 5.32 Å². The van der Waals surface area contributed by atoms with E-state index in [4.69, 9.17) is 14.2 Å². The summed E-state index contributed by atoms with van der Waals surface area (Å²) in [5.74, 6) is 1.09. The van der Waals surface area contributed by atoms with Gasteiger partial charge in [0.15, 0.2) is 23.1 Å². The van der Waals surface area contributed by atoms with Crippen LogP contribution < -0.4 is 19.5 Å². The zero-order valence-electron chi connectivity index (χ0n) is 13.3. The minimum absolute atomic E-state index is 0.0936. The molecule has 3 rings (SSSR count). The van der Waals surface area contributed by atoms with Crippen LogP contribution in [0.1, 0.15) is 17.5 Å². The molecule has 126 valence electrons. The summed E-state index contributed by atoms with van der Waals surface area (Å²) < 4.78 is 29.0. The van der Waals surface area contributed by atoms with Crippen molar-refractivity contribution >= 4 is 5.91 Å². The molecule has 1 N–H and O–H groups in total. The van der Waals surface area contributed by atoms with Crippen LogP contribution in [-0.4, -0.2) is 19.8 Å². The number of nitrogens with one attached hydrogen (secondary N) is 1. The number of amides is 1. The zero-order valence-corrected chi connectivity index (χ0v) is 13.3. The van der Waals surface area contributed by atoms with Crippen molar-refractivity contribution in [2.45, 2.75) is 19.4 Å². The van der Waals surface area contributed by atoms with Crippen LogP contribution in [0.3, 0.4) is 0 Å². The highest BCUT2D eigenvalue weighted by Crippen LogP contribution is 2.32. The number of methoxy groups -OCH3 is 1. The van der Waals surface area contributed by atoms with Gasteiger partial charge in [-0.2, -0.15) is 0 Å². The van der Waals surface area contributed by atoms with Gasteiger partial charge in [-0.05, 0) is 41.8 Å². The molecule has 1 amide bonds. The molecule has 1 aliphatic rings. The van der Waals surface area contributed by atoms with Gasteiger partial charge in [-0.3, -0.25) is 4.79 Å². The Balaban J connectivity index is 1.48. The number of halogens is 1. The molecule has 0 spiro atoms. The van der Waals surface area contributed by atoms with E-state index in [9.17, 15) is 9.18 Å². The number of rotatable bonds is 6. The molecule has 0 aromatic heterocycles. The number of fused-ring (bicyclic) bond motifs is 1. The summed E-state index contributed by atoms with van der Waals surface area (Å²) in [6.07, 6.45) is 0.754. The van der Waals surface area contributed by atoms with E-state index >= 15 is 0 Å². The molecule has 0 bridgehead atoms. The van der Waals surface area contributed by atoms with Gasteiger partial charge in [0.25, 0.3) is 0 Å². The Morgan fingerprint density at radius 2 is 1.96 bits per heavy atom. The fraction of sp³-hybridized carbons (Fsp3) is 0.278. The molecule has 5 nitrogen and oxygen atoms in total. The van der Waals surface area contributed by atoms with Gasteiger partial charge in [-0.15, -0.1) is 0 Å². The van der Waals surface area contributed by atoms with Crippen LogP contribution >= 0.6 is 0 Å². The maximum Gasteiger partial charge on any atom is 0.231 e. The predicted octanol–water partition coefficient (Wildman–Crippen LogP) is 2.81. The van der Waals surface area contributed by atoms with E-state index in [1.807, 2.05) is 18.2 Å². The molecule has 0 fully saturated rings. The standard InChI is InChI=1S/C18H18FNO4/c1-22-15-5-2-12(8-14(15)19)4-7-18(21)20-10-13-3-6-16-17(9-13)24-11-23-16/h2-3,5-6,8-9H,4,7,10-11H2,1H3,(H,20,21). The van der Waals surface area contributed by atoms with Crippen LogP contribution in [0.25, 0.3) is 0 Å². The summed E-state index contributed by atoms with van der Waals surface area (Å²) in [6.45, 7) is 0.635. The summed E-state index contributed by atoms with van der Waals surface area (Å²) in [5.41, 5.74) is 1.69. The highest BCUT2D eigenvalue weighted by atomic mass is 19.1. The SMILES string of the molecule is COc1ccc(CCC(=O)NCc2ccc3c(c2)OCO3)cc1F. The van der Waals surface area contributed by atoms with E-state index in [1.54, 1.807) is 12.1 Å². The average molecular weight is 331 g/mol. The van der Waals surface area contributed by atoms with Crippen LogP contribution in [0.2, 0.25) is 0 Å². The molecule has 1 heterocycles.